The van der Waals surface area contributed by atoms with Crippen LogP contribution in [-0.4, -0.2) is 22.2 Å². The summed E-state index contributed by atoms with van der Waals surface area (Å²) in [4.78, 5) is 24.9. The fourth-order valence-electron chi connectivity index (χ4n) is 0.834. The van der Waals surface area contributed by atoms with Crippen LogP contribution in [0.2, 0.25) is 0 Å². The lowest BCUT2D eigenvalue weighted by molar-refractivity contribution is 0.0508. The highest BCUT2D eigenvalue weighted by molar-refractivity contribution is 5.95. The normalized spacial score (nSPS) is 9.31. The Labute approximate surface area is 74.0 Å². The van der Waals surface area contributed by atoms with Gasteiger partial charge < -0.3 is 9.84 Å². The molecule has 0 unspecified atom stereocenters. The van der Waals surface area contributed by atoms with Crippen molar-refractivity contribution in [3.63, 3.8) is 0 Å². The van der Waals surface area contributed by atoms with Crippen molar-refractivity contribution in [3.8, 4) is 0 Å². The molecule has 0 aromatic carbocycles. The van der Waals surface area contributed by atoms with Gasteiger partial charge in [-0.25, -0.2) is 9.59 Å². The second-order valence-corrected chi connectivity index (χ2v) is 2.29. The molecule has 0 radical (unpaired) electrons. The zero-order valence-electron chi connectivity index (χ0n) is 6.85. The van der Waals surface area contributed by atoms with Crippen LogP contribution in [0, 0.1) is 6.92 Å². The number of hydrogen-bond acceptors (Lipinski definition) is 4. The number of rotatable bonds is 1. The van der Waals surface area contributed by atoms with Gasteiger partial charge in [-0.15, -0.1) is 0 Å². The third-order valence-electron chi connectivity index (χ3n) is 1.41. The lowest BCUT2D eigenvalue weighted by atomic mass is 10.2. The van der Waals surface area contributed by atoms with Crippen molar-refractivity contribution in [2.45, 2.75) is 6.92 Å². The summed E-state index contributed by atoms with van der Waals surface area (Å²) < 4.78 is 3.95. The van der Waals surface area contributed by atoms with Crippen LogP contribution in [0.5, 0.6) is 0 Å². The van der Waals surface area contributed by atoms with E-state index in [1.54, 1.807) is 6.92 Å². The smallest absolute Gasteiger partial charge is 0.449 e. The Morgan fingerprint density at radius 3 is 2.77 bits per heavy atom. The number of carbonyl (C=O) groups is 2. The summed E-state index contributed by atoms with van der Waals surface area (Å²) in [6, 6.07) is 2.99. The molecule has 0 saturated heterocycles. The Hall–Kier alpha value is -1.91. The topological polar surface area (TPSA) is 76.5 Å². The van der Waals surface area contributed by atoms with E-state index in [0.717, 1.165) is 0 Å². The van der Waals surface area contributed by atoms with Gasteiger partial charge in [0, 0.05) is 6.20 Å². The summed E-state index contributed by atoms with van der Waals surface area (Å²) in [7, 11) is 0. The average Bonchev–Trinajstić information content (AvgIpc) is 2.03. The largest absolute Gasteiger partial charge is 0.513 e. The summed E-state index contributed by atoms with van der Waals surface area (Å²) in [5.41, 5.74) is 0.596. The molecule has 1 aromatic heterocycles. The number of aromatic nitrogens is 1. The van der Waals surface area contributed by atoms with Crippen LogP contribution in [0.4, 0.5) is 4.79 Å². The van der Waals surface area contributed by atoms with Crippen LogP contribution in [0.3, 0.4) is 0 Å². The first-order chi connectivity index (χ1) is 6.11. The van der Waals surface area contributed by atoms with Crippen molar-refractivity contribution in [2.24, 2.45) is 0 Å². The lowest BCUT2D eigenvalue weighted by Crippen LogP contribution is -2.11. The van der Waals surface area contributed by atoms with Gasteiger partial charge in [0.2, 0.25) is 0 Å². The summed E-state index contributed by atoms with van der Waals surface area (Å²) >= 11 is 0. The molecular formula is C8H7NO4. The minimum Gasteiger partial charge on any atom is -0.449 e. The molecule has 0 spiro atoms. The molecule has 0 fully saturated rings. The summed E-state index contributed by atoms with van der Waals surface area (Å²) in [5.74, 6) is -0.905. The van der Waals surface area contributed by atoms with Crippen LogP contribution in [-0.2, 0) is 4.74 Å². The highest BCUT2D eigenvalue weighted by atomic mass is 16.7. The molecule has 1 heterocycles. The SMILES string of the molecule is Cc1ncccc1C(=O)OC(=O)O. The quantitative estimate of drug-likeness (QED) is 0.520. The summed E-state index contributed by atoms with van der Waals surface area (Å²) in [6.45, 7) is 1.60. The van der Waals surface area contributed by atoms with Crippen molar-refractivity contribution >= 4 is 12.1 Å². The van der Waals surface area contributed by atoms with E-state index >= 15 is 0 Å². The molecule has 0 saturated carbocycles. The van der Waals surface area contributed by atoms with Crippen LogP contribution in [0.1, 0.15) is 16.1 Å². The lowest BCUT2D eigenvalue weighted by Gasteiger charge is -2.00. The predicted octanol–water partition coefficient (Wildman–Crippen LogP) is 1.22. The molecule has 5 nitrogen and oxygen atoms in total. The molecule has 1 rings (SSSR count). The molecular weight excluding hydrogens is 174 g/mol. The molecule has 0 bridgehead atoms. The fraction of sp³-hybridized carbons (Fsp3) is 0.125. The minimum atomic E-state index is -1.62. The van der Waals surface area contributed by atoms with Crippen LogP contribution in [0.25, 0.3) is 0 Å². The first-order valence-corrected chi connectivity index (χ1v) is 3.48. The molecule has 68 valence electrons. The van der Waals surface area contributed by atoms with Gasteiger partial charge in [-0.1, -0.05) is 0 Å². The molecule has 13 heavy (non-hydrogen) atoms. The maximum atomic E-state index is 11.0. The van der Waals surface area contributed by atoms with E-state index in [4.69, 9.17) is 5.11 Å². The average molecular weight is 181 g/mol. The van der Waals surface area contributed by atoms with Gasteiger partial charge >= 0.3 is 12.1 Å². The number of aryl methyl sites for hydroxylation is 1. The van der Waals surface area contributed by atoms with E-state index in [1.165, 1.54) is 18.3 Å². The van der Waals surface area contributed by atoms with Gasteiger partial charge in [-0.05, 0) is 19.1 Å². The zero-order valence-corrected chi connectivity index (χ0v) is 6.85. The van der Waals surface area contributed by atoms with E-state index in [-0.39, 0.29) is 5.56 Å². The monoisotopic (exact) mass is 181 g/mol. The standard InChI is InChI=1S/C8H7NO4/c1-5-6(3-2-4-9-5)7(10)13-8(11)12/h2-4H,1H3,(H,11,12). The Morgan fingerprint density at radius 2 is 2.23 bits per heavy atom. The van der Waals surface area contributed by atoms with Gasteiger partial charge in [0.1, 0.15) is 0 Å². The highest BCUT2D eigenvalue weighted by Gasteiger charge is 2.13. The minimum absolute atomic E-state index is 0.157. The molecule has 0 aliphatic rings. The van der Waals surface area contributed by atoms with E-state index < -0.39 is 12.1 Å². The van der Waals surface area contributed by atoms with E-state index in [9.17, 15) is 9.59 Å². The first kappa shape index (κ1) is 9.18. The Balaban J connectivity index is 2.89. The van der Waals surface area contributed by atoms with Gasteiger partial charge in [-0.3, -0.25) is 4.98 Å². The van der Waals surface area contributed by atoms with Crippen LogP contribution >= 0.6 is 0 Å². The van der Waals surface area contributed by atoms with E-state index in [1.807, 2.05) is 0 Å². The Bertz CT molecular complexity index is 348. The molecule has 0 aliphatic heterocycles. The second-order valence-electron chi connectivity index (χ2n) is 2.29. The molecule has 0 aliphatic carbocycles. The number of carboxylic acid groups (broad SMARTS) is 1. The highest BCUT2D eigenvalue weighted by Crippen LogP contribution is 2.05. The number of carbonyl (C=O) groups excluding carboxylic acids is 1. The number of ether oxygens (including phenoxy) is 1. The molecule has 5 heteroatoms. The molecule has 1 aromatic rings. The molecule has 0 amide bonds. The summed E-state index contributed by atoms with van der Waals surface area (Å²) in [5, 5.41) is 8.17. The number of hydrogen-bond donors (Lipinski definition) is 1. The van der Waals surface area contributed by atoms with Crippen LogP contribution < -0.4 is 0 Å². The van der Waals surface area contributed by atoms with E-state index in [0.29, 0.717) is 5.69 Å². The van der Waals surface area contributed by atoms with Gasteiger partial charge in [0.25, 0.3) is 0 Å². The van der Waals surface area contributed by atoms with Crippen molar-refractivity contribution in [2.75, 3.05) is 0 Å². The van der Waals surface area contributed by atoms with Crippen molar-refractivity contribution in [3.05, 3.63) is 29.6 Å². The molecule has 0 atom stereocenters. The number of esters is 1. The Morgan fingerprint density at radius 1 is 1.54 bits per heavy atom. The van der Waals surface area contributed by atoms with Crippen molar-refractivity contribution in [1.29, 1.82) is 0 Å². The third kappa shape index (κ3) is 2.26. The fourth-order valence-corrected chi connectivity index (χ4v) is 0.834. The third-order valence-corrected chi connectivity index (χ3v) is 1.41. The maximum absolute atomic E-state index is 11.0. The Kier molecular flexibility index (Phi) is 2.59. The second kappa shape index (κ2) is 3.66. The van der Waals surface area contributed by atoms with Gasteiger partial charge in [0.05, 0.1) is 11.3 Å². The van der Waals surface area contributed by atoms with Gasteiger partial charge in [0.15, 0.2) is 0 Å². The maximum Gasteiger partial charge on any atom is 0.513 e. The van der Waals surface area contributed by atoms with E-state index in [2.05, 4.69) is 9.72 Å². The van der Waals surface area contributed by atoms with Gasteiger partial charge in [-0.2, -0.15) is 0 Å². The summed E-state index contributed by atoms with van der Waals surface area (Å²) in [6.07, 6.45) is -0.111. The van der Waals surface area contributed by atoms with Crippen molar-refractivity contribution < 1.29 is 19.4 Å². The molecule has 1 N–H and O–H groups in total. The predicted molar refractivity (Wildman–Crippen MR) is 42.4 cm³/mol. The zero-order chi connectivity index (χ0) is 9.84. The number of nitrogens with zero attached hydrogens (tertiary/aromatic N) is 1. The van der Waals surface area contributed by atoms with Crippen molar-refractivity contribution in [1.82, 2.24) is 4.98 Å². The first-order valence-electron chi connectivity index (χ1n) is 3.48. The number of pyridine rings is 1. The van der Waals surface area contributed by atoms with Crippen LogP contribution in [0.15, 0.2) is 18.3 Å².